The van der Waals surface area contributed by atoms with Gasteiger partial charge in [0, 0.05) is 24.2 Å². The Bertz CT molecular complexity index is 913. The van der Waals surface area contributed by atoms with E-state index in [9.17, 15) is 13.2 Å². The number of hydrogen-bond acceptors (Lipinski definition) is 4. The molecule has 8 heteroatoms. The van der Waals surface area contributed by atoms with E-state index in [0.29, 0.717) is 40.6 Å². The zero-order valence-corrected chi connectivity index (χ0v) is 16.4. The van der Waals surface area contributed by atoms with Gasteiger partial charge in [-0.05, 0) is 49.2 Å². The molecule has 26 heavy (non-hydrogen) atoms. The monoisotopic (exact) mass is 396 g/mol. The Labute approximate surface area is 158 Å². The van der Waals surface area contributed by atoms with E-state index in [0.717, 1.165) is 0 Å². The molecule has 0 saturated heterocycles. The highest BCUT2D eigenvalue weighted by molar-refractivity contribution is 7.92. The maximum atomic E-state index is 12.7. The normalized spacial score (nSPS) is 11.2. The van der Waals surface area contributed by atoms with Crippen LogP contribution in [-0.2, 0) is 14.8 Å². The van der Waals surface area contributed by atoms with Crippen molar-refractivity contribution in [1.82, 2.24) is 5.32 Å². The summed E-state index contributed by atoms with van der Waals surface area (Å²) in [6.07, 6.45) is 0. The van der Waals surface area contributed by atoms with Gasteiger partial charge in [-0.25, -0.2) is 8.42 Å². The summed E-state index contributed by atoms with van der Waals surface area (Å²) >= 11 is 6.04. The van der Waals surface area contributed by atoms with Gasteiger partial charge in [0.05, 0.1) is 17.2 Å². The van der Waals surface area contributed by atoms with Crippen molar-refractivity contribution in [2.45, 2.75) is 18.7 Å². The van der Waals surface area contributed by atoms with E-state index in [1.807, 2.05) is 0 Å². The zero-order chi connectivity index (χ0) is 19.3. The number of carbonyl (C=O) groups is 1. The van der Waals surface area contributed by atoms with Crippen molar-refractivity contribution in [3.05, 3.63) is 58.1 Å². The van der Waals surface area contributed by atoms with Crippen LogP contribution < -0.4 is 10.0 Å². The quantitative estimate of drug-likeness (QED) is 0.704. The fourth-order valence-electron chi connectivity index (χ4n) is 2.30. The lowest BCUT2D eigenvalue weighted by atomic mass is 10.1. The summed E-state index contributed by atoms with van der Waals surface area (Å²) in [4.78, 5) is 12.3. The topological polar surface area (TPSA) is 84.5 Å². The summed E-state index contributed by atoms with van der Waals surface area (Å²) in [6.45, 7) is 4.18. The first-order valence-corrected chi connectivity index (χ1v) is 9.78. The predicted octanol–water partition coefficient (Wildman–Crippen LogP) is 3.13. The Morgan fingerprint density at radius 3 is 2.62 bits per heavy atom. The van der Waals surface area contributed by atoms with Crippen LogP contribution in [0.15, 0.2) is 41.3 Å². The Hall–Kier alpha value is -2.09. The highest BCUT2D eigenvalue weighted by Crippen LogP contribution is 2.26. The van der Waals surface area contributed by atoms with Crippen molar-refractivity contribution in [2.75, 3.05) is 25.0 Å². The summed E-state index contributed by atoms with van der Waals surface area (Å²) in [6, 6.07) is 9.40. The van der Waals surface area contributed by atoms with E-state index in [1.165, 1.54) is 19.2 Å². The van der Waals surface area contributed by atoms with Gasteiger partial charge in [-0.2, -0.15) is 0 Å². The lowest BCUT2D eigenvalue weighted by Crippen LogP contribution is -2.28. The molecule has 0 aliphatic carbocycles. The summed E-state index contributed by atoms with van der Waals surface area (Å²) in [5.74, 6) is -0.351. The summed E-state index contributed by atoms with van der Waals surface area (Å²) in [7, 11) is -2.33. The van der Waals surface area contributed by atoms with E-state index in [1.54, 1.807) is 38.1 Å². The fraction of sp³-hybridized carbons (Fsp3) is 0.278. The van der Waals surface area contributed by atoms with E-state index in [2.05, 4.69) is 10.0 Å². The Balaban J connectivity index is 2.31. The number of nitrogens with one attached hydrogen (secondary N) is 2. The van der Waals surface area contributed by atoms with Gasteiger partial charge >= 0.3 is 0 Å². The zero-order valence-electron chi connectivity index (χ0n) is 14.8. The van der Waals surface area contributed by atoms with Crippen LogP contribution in [0.1, 0.15) is 21.5 Å². The molecule has 1 amide bonds. The van der Waals surface area contributed by atoms with Crippen molar-refractivity contribution >= 4 is 33.2 Å². The number of hydrogen-bond donors (Lipinski definition) is 2. The highest BCUT2D eigenvalue weighted by Gasteiger charge is 2.19. The number of benzene rings is 2. The number of anilines is 1. The van der Waals surface area contributed by atoms with Crippen LogP contribution in [0.25, 0.3) is 0 Å². The van der Waals surface area contributed by atoms with Gasteiger partial charge in [-0.3, -0.25) is 9.52 Å². The number of methoxy groups -OCH3 is 1. The van der Waals surface area contributed by atoms with Crippen molar-refractivity contribution < 1.29 is 17.9 Å². The largest absolute Gasteiger partial charge is 0.383 e. The Kier molecular flexibility index (Phi) is 6.63. The molecule has 0 unspecified atom stereocenters. The standard InChI is InChI=1S/C18H21ClN2O4S/c1-12-7-8-14(11-15(12)18(22)20-9-10-25-3)26(23,24)21-17-6-4-5-16(19)13(17)2/h4-8,11,21H,9-10H2,1-3H3,(H,20,22). The second-order valence-corrected chi connectivity index (χ2v) is 7.83. The number of rotatable bonds is 7. The first-order valence-electron chi connectivity index (χ1n) is 7.92. The SMILES string of the molecule is COCCNC(=O)c1cc(S(=O)(=O)Nc2cccc(Cl)c2C)ccc1C. The highest BCUT2D eigenvalue weighted by atomic mass is 35.5. The van der Waals surface area contributed by atoms with E-state index in [-0.39, 0.29) is 10.8 Å². The van der Waals surface area contributed by atoms with Crippen molar-refractivity contribution in [3.63, 3.8) is 0 Å². The van der Waals surface area contributed by atoms with E-state index < -0.39 is 10.0 Å². The third kappa shape index (κ3) is 4.75. The van der Waals surface area contributed by atoms with Gasteiger partial charge in [-0.15, -0.1) is 0 Å². The number of sulfonamides is 1. The molecule has 0 heterocycles. The van der Waals surface area contributed by atoms with Gasteiger partial charge in [0.1, 0.15) is 0 Å². The molecule has 2 aromatic carbocycles. The summed E-state index contributed by atoms with van der Waals surface area (Å²) < 4.78 is 32.8. The molecule has 0 atom stereocenters. The summed E-state index contributed by atoms with van der Waals surface area (Å²) in [5.41, 5.74) is 2.00. The molecule has 6 nitrogen and oxygen atoms in total. The van der Waals surface area contributed by atoms with E-state index >= 15 is 0 Å². The van der Waals surface area contributed by atoms with Crippen LogP contribution in [0.5, 0.6) is 0 Å². The predicted molar refractivity (Wildman–Crippen MR) is 102 cm³/mol. The fourth-order valence-corrected chi connectivity index (χ4v) is 3.62. The molecule has 140 valence electrons. The molecule has 0 radical (unpaired) electrons. The first-order chi connectivity index (χ1) is 12.3. The van der Waals surface area contributed by atoms with Crippen LogP contribution in [-0.4, -0.2) is 34.6 Å². The molecule has 0 spiro atoms. The molecular weight excluding hydrogens is 376 g/mol. The maximum Gasteiger partial charge on any atom is 0.261 e. The third-order valence-electron chi connectivity index (χ3n) is 3.87. The van der Waals surface area contributed by atoms with Crippen molar-refractivity contribution in [1.29, 1.82) is 0 Å². The van der Waals surface area contributed by atoms with Crippen LogP contribution in [0.2, 0.25) is 5.02 Å². The van der Waals surface area contributed by atoms with Crippen LogP contribution in [0, 0.1) is 13.8 Å². The second kappa shape index (κ2) is 8.53. The minimum atomic E-state index is -3.86. The molecule has 2 aromatic rings. The van der Waals surface area contributed by atoms with Crippen molar-refractivity contribution in [3.8, 4) is 0 Å². The summed E-state index contributed by atoms with van der Waals surface area (Å²) in [5, 5.41) is 3.15. The second-order valence-electron chi connectivity index (χ2n) is 5.74. The number of aryl methyl sites for hydroxylation is 1. The van der Waals surface area contributed by atoms with E-state index in [4.69, 9.17) is 16.3 Å². The molecule has 0 fully saturated rings. The minimum Gasteiger partial charge on any atom is -0.383 e. The maximum absolute atomic E-state index is 12.7. The van der Waals surface area contributed by atoms with Crippen LogP contribution >= 0.6 is 11.6 Å². The molecule has 0 bridgehead atoms. The van der Waals surface area contributed by atoms with Crippen molar-refractivity contribution in [2.24, 2.45) is 0 Å². The smallest absolute Gasteiger partial charge is 0.261 e. The number of carbonyl (C=O) groups excluding carboxylic acids is 1. The lowest BCUT2D eigenvalue weighted by Gasteiger charge is -2.13. The number of halogens is 1. The lowest BCUT2D eigenvalue weighted by molar-refractivity contribution is 0.0936. The molecule has 2 rings (SSSR count). The van der Waals surface area contributed by atoms with Gasteiger partial charge < -0.3 is 10.1 Å². The number of amides is 1. The molecule has 0 aromatic heterocycles. The van der Waals surface area contributed by atoms with Gasteiger partial charge in [-0.1, -0.05) is 23.7 Å². The average Bonchev–Trinajstić information content (AvgIpc) is 2.59. The Morgan fingerprint density at radius 1 is 1.19 bits per heavy atom. The van der Waals surface area contributed by atoms with Gasteiger partial charge in [0.15, 0.2) is 0 Å². The minimum absolute atomic E-state index is 0.000586. The molecule has 0 saturated carbocycles. The average molecular weight is 397 g/mol. The number of ether oxygens (including phenoxy) is 1. The van der Waals surface area contributed by atoms with Crippen LogP contribution in [0.3, 0.4) is 0 Å². The van der Waals surface area contributed by atoms with Gasteiger partial charge in [0.2, 0.25) is 0 Å². The first kappa shape index (κ1) is 20.2. The molecule has 0 aliphatic rings. The molecular formula is C18H21ClN2O4S. The Morgan fingerprint density at radius 2 is 1.92 bits per heavy atom. The van der Waals surface area contributed by atoms with Gasteiger partial charge in [0.25, 0.3) is 15.9 Å². The third-order valence-corrected chi connectivity index (χ3v) is 5.64. The van der Waals surface area contributed by atoms with Crippen LogP contribution in [0.4, 0.5) is 5.69 Å². The molecule has 2 N–H and O–H groups in total. The molecule has 0 aliphatic heterocycles.